The summed E-state index contributed by atoms with van der Waals surface area (Å²) >= 11 is 0. The molecule has 3 aromatic rings. The van der Waals surface area contributed by atoms with Crippen LogP contribution in [0.25, 0.3) is 11.1 Å². The number of aliphatic imine (C=N–C) groups is 1. The molecule has 0 aromatic heterocycles. The molecule has 0 bridgehead atoms. The zero-order valence-electron chi connectivity index (χ0n) is 17.5. The van der Waals surface area contributed by atoms with Crippen LogP contribution in [0, 0.1) is 18.6 Å². The highest BCUT2D eigenvalue weighted by molar-refractivity contribution is 6.11. The molecule has 33 heavy (non-hydrogen) atoms. The van der Waals surface area contributed by atoms with Crippen molar-refractivity contribution in [2.45, 2.75) is 26.3 Å². The normalized spacial score (nSPS) is 16.0. The summed E-state index contributed by atoms with van der Waals surface area (Å²) < 4.78 is 69.1. The maximum absolute atomic E-state index is 14.1. The predicted molar refractivity (Wildman–Crippen MR) is 115 cm³/mol. The number of ether oxygens (including phenoxy) is 1. The Hall–Kier alpha value is -3.75. The van der Waals surface area contributed by atoms with Crippen molar-refractivity contribution >= 4 is 11.5 Å². The summed E-state index contributed by atoms with van der Waals surface area (Å²) in [5.74, 6) is -1.76. The molecule has 0 aliphatic carbocycles. The third-order valence-corrected chi connectivity index (χ3v) is 5.12. The molecule has 3 aromatic carbocycles. The van der Waals surface area contributed by atoms with Gasteiger partial charge in [0, 0.05) is 5.56 Å². The number of alkyl halides is 3. The number of rotatable bonds is 4. The van der Waals surface area contributed by atoms with Crippen LogP contribution in [0.2, 0.25) is 0 Å². The highest BCUT2D eigenvalue weighted by Crippen LogP contribution is 2.28. The SMILES string of the molecule is Cc1cc(-c2ccc(OC(F)(F)F)cc2)ccc1C1=NNC(c2c(F)cccc2F)=NC1C. The summed E-state index contributed by atoms with van der Waals surface area (Å²) in [7, 11) is 0. The van der Waals surface area contributed by atoms with E-state index in [0.717, 1.165) is 28.8 Å². The molecule has 0 radical (unpaired) electrons. The summed E-state index contributed by atoms with van der Waals surface area (Å²) in [5, 5.41) is 4.31. The molecule has 0 fully saturated rings. The maximum Gasteiger partial charge on any atom is 0.573 e. The number of hydrogen-bond donors (Lipinski definition) is 1. The molecule has 9 heteroatoms. The molecular weight excluding hydrogens is 441 g/mol. The van der Waals surface area contributed by atoms with Gasteiger partial charge in [-0.2, -0.15) is 5.10 Å². The average Bonchev–Trinajstić information content (AvgIpc) is 2.74. The second kappa shape index (κ2) is 8.65. The van der Waals surface area contributed by atoms with Crippen LogP contribution in [0.4, 0.5) is 22.0 Å². The average molecular weight is 459 g/mol. The van der Waals surface area contributed by atoms with Gasteiger partial charge in [-0.25, -0.2) is 8.78 Å². The van der Waals surface area contributed by atoms with Gasteiger partial charge in [0.15, 0.2) is 5.84 Å². The minimum atomic E-state index is -4.74. The van der Waals surface area contributed by atoms with Gasteiger partial charge in [-0.05, 0) is 54.8 Å². The Bertz CT molecular complexity index is 1230. The first-order valence-electron chi connectivity index (χ1n) is 9.95. The Morgan fingerprint density at radius 2 is 1.55 bits per heavy atom. The molecule has 0 amide bonds. The summed E-state index contributed by atoms with van der Waals surface area (Å²) in [6.45, 7) is 3.64. The number of halogens is 5. The quantitative estimate of drug-likeness (QED) is 0.488. The lowest BCUT2D eigenvalue weighted by Crippen LogP contribution is -2.34. The molecule has 0 saturated carbocycles. The van der Waals surface area contributed by atoms with Crippen LogP contribution in [-0.4, -0.2) is 24.0 Å². The van der Waals surface area contributed by atoms with E-state index in [-0.39, 0.29) is 17.1 Å². The van der Waals surface area contributed by atoms with Gasteiger partial charge in [-0.1, -0.05) is 36.4 Å². The predicted octanol–water partition coefficient (Wildman–Crippen LogP) is 5.98. The van der Waals surface area contributed by atoms with Gasteiger partial charge in [0.2, 0.25) is 0 Å². The Balaban J connectivity index is 1.56. The van der Waals surface area contributed by atoms with E-state index in [1.165, 1.54) is 30.3 Å². The molecule has 0 spiro atoms. The first kappa shape index (κ1) is 22.4. The molecule has 170 valence electrons. The number of aryl methyl sites for hydroxylation is 1. The van der Waals surface area contributed by atoms with E-state index < -0.39 is 24.0 Å². The second-order valence-corrected chi connectivity index (χ2v) is 7.46. The van der Waals surface area contributed by atoms with Crippen LogP contribution in [-0.2, 0) is 0 Å². The number of hydrazone groups is 1. The topological polar surface area (TPSA) is 46.0 Å². The molecule has 0 saturated heterocycles. The first-order valence-corrected chi connectivity index (χ1v) is 9.95. The Labute approximate surface area is 186 Å². The van der Waals surface area contributed by atoms with Crippen LogP contribution < -0.4 is 10.2 Å². The number of hydrogen-bond acceptors (Lipinski definition) is 4. The van der Waals surface area contributed by atoms with E-state index in [0.29, 0.717) is 11.3 Å². The third kappa shape index (κ3) is 4.87. The van der Waals surface area contributed by atoms with Gasteiger partial charge >= 0.3 is 6.36 Å². The van der Waals surface area contributed by atoms with Gasteiger partial charge < -0.3 is 4.74 Å². The lowest BCUT2D eigenvalue weighted by Gasteiger charge is -2.21. The summed E-state index contributed by atoms with van der Waals surface area (Å²) in [4.78, 5) is 4.38. The fourth-order valence-corrected chi connectivity index (χ4v) is 3.60. The summed E-state index contributed by atoms with van der Waals surface area (Å²) in [5.41, 5.74) is 6.12. The molecule has 4 nitrogen and oxygen atoms in total. The van der Waals surface area contributed by atoms with Crippen molar-refractivity contribution in [1.29, 1.82) is 0 Å². The standard InChI is InChI=1S/C24H18F5N3O/c1-13-12-16(15-6-9-17(10-7-15)33-24(27,28)29)8-11-18(13)22-14(2)30-23(32-31-22)21-19(25)4-3-5-20(21)26/h3-12,14H,1-2H3,(H,30,32). The summed E-state index contributed by atoms with van der Waals surface area (Å²) in [6.07, 6.45) is -4.74. The Morgan fingerprint density at radius 1 is 0.909 bits per heavy atom. The largest absolute Gasteiger partial charge is 0.573 e. The smallest absolute Gasteiger partial charge is 0.406 e. The second-order valence-electron chi connectivity index (χ2n) is 7.46. The van der Waals surface area contributed by atoms with Crippen molar-refractivity contribution in [3.05, 3.63) is 89.0 Å². The maximum atomic E-state index is 14.1. The van der Waals surface area contributed by atoms with E-state index in [2.05, 4.69) is 20.3 Å². The van der Waals surface area contributed by atoms with Gasteiger partial charge in [0.25, 0.3) is 0 Å². The van der Waals surface area contributed by atoms with Gasteiger partial charge in [0.1, 0.15) is 17.4 Å². The van der Waals surface area contributed by atoms with E-state index in [4.69, 9.17) is 0 Å². The lowest BCUT2D eigenvalue weighted by molar-refractivity contribution is -0.274. The van der Waals surface area contributed by atoms with E-state index in [1.807, 2.05) is 25.1 Å². The minimum absolute atomic E-state index is 0.0114. The molecule has 1 atom stereocenters. The molecular formula is C24H18F5N3O. The van der Waals surface area contributed by atoms with Crippen LogP contribution >= 0.6 is 0 Å². The minimum Gasteiger partial charge on any atom is -0.406 e. The zero-order valence-corrected chi connectivity index (χ0v) is 17.5. The molecule has 4 rings (SSSR count). The van der Waals surface area contributed by atoms with Crippen LogP contribution in [0.15, 0.2) is 70.8 Å². The number of nitrogens with one attached hydrogen (secondary N) is 1. The van der Waals surface area contributed by atoms with Crippen LogP contribution in [0.3, 0.4) is 0 Å². The number of benzene rings is 3. The van der Waals surface area contributed by atoms with Crippen LogP contribution in [0.1, 0.15) is 23.6 Å². The van der Waals surface area contributed by atoms with Crippen molar-refractivity contribution in [3.8, 4) is 16.9 Å². The van der Waals surface area contributed by atoms with E-state index in [9.17, 15) is 22.0 Å². The highest BCUT2D eigenvalue weighted by Gasteiger charge is 2.31. The molecule has 1 aliphatic heterocycles. The van der Waals surface area contributed by atoms with Gasteiger partial charge in [-0.3, -0.25) is 10.4 Å². The number of amidine groups is 1. The number of nitrogens with zero attached hydrogens (tertiary/aromatic N) is 2. The monoisotopic (exact) mass is 459 g/mol. The van der Waals surface area contributed by atoms with Crippen molar-refractivity contribution in [2.75, 3.05) is 0 Å². The van der Waals surface area contributed by atoms with Gasteiger partial charge in [0.05, 0.1) is 17.3 Å². The molecule has 1 aliphatic rings. The fourth-order valence-electron chi connectivity index (χ4n) is 3.60. The van der Waals surface area contributed by atoms with E-state index >= 15 is 0 Å². The molecule has 1 N–H and O–H groups in total. The van der Waals surface area contributed by atoms with Crippen LogP contribution in [0.5, 0.6) is 5.75 Å². The summed E-state index contributed by atoms with van der Waals surface area (Å²) in [6, 6.07) is 14.2. The first-order chi connectivity index (χ1) is 15.6. The molecule has 1 heterocycles. The van der Waals surface area contributed by atoms with E-state index in [1.54, 1.807) is 6.92 Å². The Morgan fingerprint density at radius 3 is 2.12 bits per heavy atom. The lowest BCUT2D eigenvalue weighted by atomic mass is 9.95. The highest BCUT2D eigenvalue weighted by atomic mass is 19.4. The van der Waals surface area contributed by atoms with Crippen molar-refractivity contribution in [2.24, 2.45) is 10.1 Å². The van der Waals surface area contributed by atoms with Crippen molar-refractivity contribution in [3.63, 3.8) is 0 Å². The fraction of sp³-hybridized carbons (Fsp3) is 0.167. The molecule has 1 unspecified atom stereocenters. The van der Waals surface area contributed by atoms with Gasteiger partial charge in [-0.15, -0.1) is 13.2 Å². The Kier molecular flexibility index (Phi) is 5.88. The third-order valence-electron chi connectivity index (χ3n) is 5.12. The zero-order chi connectivity index (χ0) is 23.8. The van der Waals surface area contributed by atoms with Crippen molar-refractivity contribution < 1.29 is 26.7 Å². The van der Waals surface area contributed by atoms with Crippen molar-refractivity contribution in [1.82, 2.24) is 5.43 Å².